The average molecular weight is 310 g/mol. The van der Waals surface area contributed by atoms with E-state index in [9.17, 15) is 0 Å². The molecule has 0 radical (unpaired) electrons. The molecule has 1 aliphatic heterocycles. The van der Waals surface area contributed by atoms with Crippen LogP contribution in [0.4, 0.5) is 0 Å². The Morgan fingerprint density at radius 2 is 1.90 bits per heavy atom. The van der Waals surface area contributed by atoms with Gasteiger partial charge < -0.3 is 14.8 Å². The first-order chi connectivity index (χ1) is 9.86. The minimum atomic E-state index is 0. The van der Waals surface area contributed by atoms with E-state index in [0.717, 1.165) is 37.0 Å². The van der Waals surface area contributed by atoms with Crippen LogP contribution in [-0.2, 0) is 0 Å². The Balaban J connectivity index is 0.00000161. The van der Waals surface area contributed by atoms with Gasteiger partial charge in [-0.05, 0) is 38.4 Å². The van der Waals surface area contributed by atoms with E-state index in [1.165, 1.54) is 0 Å². The molecule has 1 N–H and O–H groups in total. The average Bonchev–Trinajstić information content (AvgIpc) is 2.49. The quantitative estimate of drug-likeness (QED) is 0.940. The second-order valence-corrected chi connectivity index (χ2v) is 4.84. The molecule has 114 valence electrons. The van der Waals surface area contributed by atoms with Gasteiger partial charge in [-0.15, -0.1) is 12.4 Å². The van der Waals surface area contributed by atoms with Gasteiger partial charge in [-0.3, -0.25) is 0 Å². The Labute approximate surface area is 130 Å². The topological polar surface area (TPSA) is 56.3 Å². The highest BCUT2D eigenvalue weighted by atomic mass is 35.5. The number of piperidine rings is 1. The van der Waals surface area contributed by atoms with Gasteiger partial charge in [0, 0.05) is 6.54 Å². The molecule has 1 aliphatic rings. The molecular formula is C15H20ClN3O2. The normalized spacial score (nSPS) is 18.0. The van der Waals surface area contributed by atoms with Crippen molar-refractivity contribution in [3.05, 3.63) is 24.3 Å². The van der Waals surface area contributed by atoms with Gasteiger partial charge in [0.1, 0.15) is 6.10 Å². The second-order valence-electron chi connectivity index (χ2n) is 4.84. The molecule has 2 aromatic rings. The lowest BCUT2D eigenvalue weighted by molar-refractivity contribution is 0.151. The lowest BCUT2D eigenvalue weighted by Gasteiger charge is -2.24. The number of nitrogens with one attached hydrogen (secondary N) is 1. The number of fused-ring (bicyclic) bond motifs is 1. The van der Waals surface area contributed by atoms with Crippen LogP contribution in [0.5, 0.6) is 11.8 Å². The maximum atomic E-state index is 5.99. The first-order valence-corrected chi connectivity index (χ1v) is 7.14. The van der Waals surface area contributed by atoms with Gasteiger partial charge in [0.25, 0.3) is 11.8 Å². The third kappa shape index (κ3) is 3.74. The molecule has 0 aliphatic carbocycles. The van der Waals surface area contributed by atoms with E-state index in [-0.39, 0.29) is 18.5 Å². The fraction of sp³-hybridized carbons (Fsp3) is 0.467. The summed E-state index contributed by atoms with van der Waals surface area (Å²) in [7, 11) is 0. The summed E-state index contributed by atoms with van der Waals surface area (Å²) in [5.74, 6) is 0.982. The van der Waals surface area contributed by atoms with Gasteiger partial charge in [0.15, 0.2) is 0 Å². The Morgan fingerprint density at radius 3 is 2.52 bits per heavy atom. The lowest BCUT2D eigenvalue weighted by atomic mass is 10.1. The zero-order valence-electron chi connectivity index (χ0n) is 12.0. The molecule has 0 amide bonds. The molecule has 1 saturated heterocycles. The van der Waals surface area contributed by atoms with E-state index in [1.807, 2.05) is 31.2 Å². The van der Waals surface area contributed by atoms with E-state index in [0.29, 0.717) is 18.4 Å². The Kier molecular flexibility index (Phi) is 5.59. The summed E-state index contributed by atoms with van der Waals surface area (Å²) in [5, 5.41) is 3.33. The molecule has 5 nitrogen and oxygen atoms in total. The molecule has 6 heteroatoms. The summed E-state index contributed by atoms with van der Waals surface area (Å²) >= 11 is 0. The molecule has 1 aromatic heterocycles. The van der Waals surface area contributed by atoms with Crippen molar-refractivity contribution >= 4 is 23.4 Å². The van der Waals surface area contributed by atoms with Crippen molar-refractivity contribution in [3.63, 3.8) is 0 Å². The first kappa shape index (κ1) is 15.8. The van der Waals surface area contributed by atoms with Crippen LogP contribution < -0.4 is 14.8 Å². The smallest absolute Gasteiger partial charge is 0.279 e. The van der Waals surface area contributed by atoms with E-state index in [1.54, 1.807) is 0 Å². The molecule has 1 fully saturated rings. The van der Waals surface area contributed by atoms with Crippen molar-refractivity contribution < 1.29 is 9.47 Å². The number of hydrogen-bond donors (Lipinski definition) is 1. The maximum absolute atomic E-state index is 5.99. The number of benzene rings is 1. The Bertz CT molecular complexity index is 588. The number of rotatable bonds is 4. The van der Waals surface area contributed by atoms with Crippen LogP contribution in [-0.4, -0.2) is 35.8 Å². The zero-order chi connectivity index (χ0) is 13.8. The second kappa shape index (κ2) is 7.43. The molecule has 0 saturated carbocycles. The lowest BCUT2D eigenvalue weighted by Crippen LogP contribution is -2.37. The third-order valence-electron chi connectivity index (χ3n) is 3.32. The van der Waals surface area contributed by atoms with Gasteiger partial charge in [0.05, 0.1) is 17.6 Å². The number of hydrogen-bond acceptors (Lipinski definition) is 5. The van der Waals surface area contributed by atoms with Crippen molar-refractivity contribution in [1.82, 2.24) is 15.3 Å². The molecule has 1 aromatic carbocycles. The van der Waals surface area contributed by atoms with Gasteiger partial charge >= 0.3 is 0 Å². The minimum absolute atomic E-state index is 0. The molecule has 21 heavy (non-hydrogen) atoms. The first-order valence-electron chi connectivity index (χ1n) is 7.14. The highest BCUT2D eigenvalue weighted by molar-refractivity contribution is 5.85. The summed E-state index contributed by atoms with van der Waals surface area (Å²) in [6, 6.07) is 7.75. The fourth-order valence-electron chi connectivity index (χ4n) is 2.35. The van der Waals surface area contributed by atoms with Crippen LogP contribution in [0.15, 0.2) is 24.3 Å². The summed E-state index contributed by atoms with van der Waals surface area (Å²) < 4.78 is 11.6. The van der Waals surface area contributed by atoms with Crippen molar-refractivity contribution in [1.29, 1.82) is 0 Å². The van der Waals surface area contributed by atoms with Gasteiger partial charge in [-0.25, -0.2) is 9.97 Å². The SMILES string of the molecule is CCOc1nc2ccccc2nc1O[C@H]1CCCNC1.Cl. The third-order valence-corrected chi connectivity index (χ3v) is 3.32. The number of aromatic nitrogens is 2. The molecule has 3 rings (SSSR count). The summed E-state index contributed by atoms with van der Waals surface area (Å²) in [6.07, 6.45) is 2.29. The number of halogens is 1. The van der Waals surface area contributed by atoms with Crippen LogP contribution in [0.1, 0.15) is 19.8 Å². The van der Waals surface area contributed by atoms with Crippen LogP contribution in [0.25, 0.3) is 11.0 Å². The van der Waals surface area contributed by atoms with Crippen LogP contribution >= 0.6 is 12.4 Å². The van der Waals surface area contributed by atoms with E-state index in [4.69, 9.17) is 9.47 Å². The molecule has 0 bridgehead atoms. The molecular weight excluding hydrogens is 290 g/mol. The van der Waals surface area contributed by atoms with Crippen molar-refractivity contribution in [2.45, 2.75) is 25.9 Å². The fourth-order valence-corrected chi connectivity index (χ4v) is 2.35. The largest absolute Gasteiger partial charge is 0.474 e. The number of para-hydroxylation sites is 2. The monoisotopic (exact) mass is 309 g/mol. The van der Waals surface area contributed by atoms with E-state index >= 15 is 0 Å². The maximum Gasteiger partial charge on any atom is 0.279 e. The molecule has 0 unspecified atom stereocenters. The van der Waals surface area contributed by atoms with E-state index < -0.39 is 0 Å². The highest BCUT2D eigenvalue weighted by Crippen LogP contribution is 2.27. The van der Waals surface area contributed by atoms with Crippen molar-refractivity contribution in [2.24, 2.45) is 0 Å². The van der Waals surface area contributed by atoms with Crippen molar-refractivity contribution in [2.75, 3.05) is 19.7 Å². The van der Waals surface area contributed by atoms with Gasteiger partial charge in [-0.1, -0.05) is 12.1 Å². The predicted octanol–water partition coefficient (Wildman–Crippen LogP) is 2.58. The van der Waals surface area contributed by atoms with Crippen molar-refractivity contribution in [3.8, 4) is 11.8 Å². The Morgan fingerprint density at radius 1 is 1.19 bits per heavy atom. The number of ether oxygens (including phenoxy) is 2. The van der Waals surface area contributed by atoms with Gasteiger partial charge in [0.2, 0.25) is 0 Å². The number of nitrogens with zero attached hydrogens (tertiary/aromatic N) is 2. The van der Waals surface area contributed by atoms with Crippen LogP contribution in [0.3, 0.4) is 0 Å². The summed E-state index contributed by atoms with van der Waals surface area (Å²) in [5.41, 5.74) is 1.65. The molecule has 0 spiro atoms. The predicted molar refractivity (Wildman–Crippen MR) is 84.5 cm³/mol. The van der Waals surface area contributed by atoms with Gasteiger partial charge in [-0.2, -0.15) is 0 Å². The van der Waals surface area contributed by atoms with Crippen LogP contribution in [0, 0.1) is 0 Å². The molecule has 2 heterocycles. The Hall–Kier alpha value is -1.59. The van der Waals surface area contributed by atoms with E-state index in [2.05, 4.69) is 15.3 Å². The molecule has 1 atom stereocenters. The van der Waals surface area contributed by atoms with Crippen LogP contribution in [0.2, 0.25) is 0 Å². The zero-order valence-corrected chi connectivity index (χ0v) is 12.9. The highest BCUT2D eigenvalue weighted by Gasteiger charge is 2.19. The summed E-state index contributed by atoms with van der Waals surface area (Å²) in [4.78, 5) is 9.05. The standard InChI is InChI=1S/C15H19N3O2.ClH/c1-2-19-14-15(20-11-6-5-9-16-10-11)18-13-8-4-3-7-12(13)17-14;/h3-4,7-8,11,16H,2,5-6,9-10H2,1H3;1H/t11-;/m0./s1. The summed E-state index contributed by atoms with van der Waals surface area (Å²) in [6.45, 7) is 4.39. The minimum Gasteiger partial charge on any atom is -0.474 e.